The fraction of sp³-hybridized carbons (Fsp3) is 0.280. The van der Waals surface area contributed by atoms with Gasteiger partial charge in [-0.05, 0) is 49.9 Å². The van der Waals surface area contributed by atoms with Crippen molar-refractivity contribution in [3.05, 3.63) is 76.0 Å². The van der Waals surface area contributed by atoms with Crippen LogP contribution in [0.3, 0.4) is 0 Å². The van der Waals surface area contributed by atoms with Gasteiger partial charge in [-0.2, -0.15) is 5.10 Å². The summed E-state index contributed by atoms with van der Waals surface area (Å²) < 4.78 is 12.6. The van der Waals surface area contributed by atoms with Crippen molar-refractivity contribution < 1.29 is 13.9 Å². The second-order valence-electron chi connectivity index (χ2n) is 8.02. The summed E-state index contributed by atoms with van der Waals surface area (Å²) in [5, 5.41) is 8.32. The molecule has 168 valence electrons. The van der Waals surface area contributed by atoms with Crippen molar-refractivity contribution in [1.29, 1.82) is 0 Å². The van der Waals surface area contributed by atoms with Crippen LogP contribution in [-0.2, 0) is 19.4 Å². The molecule has 0 saturated carbocycles. The molecule has 1 aliphatic carbocycles. The standard InChI is InChI=1S/C25H24N4O4/c1-32-21-8-4-5-17-15-19(25(31)33-23(17)21)24(30)27-13-14-29-20-7-3-2-6-18(20)22(28-29)16-9-11-26-12-10-16/h4-5,8-12,15H,2-3,6-7,13-14H2,1H3,(H,27,30). The molecular formula is C25H24N4O4. The second kappa shape index (κ2) is 8.90. The summed E-state index contributed by atoms with van der Waals surface area (Å²) >= 11 is 0. The van der Waals surface area contributed by atoms with E-state index in [1.807, 2.05) is 16.8 Å². The van der Waals surface area contributed by atoms with Crippen LogP contribution >= 0.6 is 0 Å². The number of carbonyl (C=O) groups is 1. The lowest BCUT2D eigenvalue weighted by atomic mass is 9.94. The second-order valence-corrected chi connectivity index (χ2v) is 8.02. The van der Waals surface area contributed by atoms with Gasteiger partial charge in [0, 0.05) is 41.1 Å². The number of methoxy groups -OCH3 is 1. The zero-order chi connectivity index (χ0) is 22.8. The first kappa shape index (κ1) is 20.9. The molecule has 8 nitrogen and oxygen atoms in total. The minimum absolute atomic E-state index is 0.0317. The molecule has 3 heterocycles. The summed E-state index contributed by atoms with van der Waals surface area (Å²) in [7, 11) is 1.50. The summed E-state index contributed by atoms with van der Waals surface area (Å²) in [6, 6.07) is 10.7. The van der Waals surface area contributed by atoms with Crippen molar-refractivity contribution >= 4 is 16.9 Å². The van der Waals surface area contributed by atoms with Gasteiger partial charge >= 0.3 is 5.63 Å². The normalized spacial score (nSPS) is 13.0. The SMILES string of the molecule is COc1cccc2cc(C(=O)NCCn3nc(-c4ccncc4)c4c3CCCC4)c(=O)oc12. The highest BCUT2D eigenvalue weighted by molar-refractivity contribution is 5.97. The maximum atomic E-state index is 12.7. The van der Waals surface area contributed by atoms with Gasteiger partial charge in [0.05, 0.1) is 19.3 Å². The van der Waals surface area contributed by atoms with E-state index in [-0.39, 0.29) is 5.56 Å². The zero-order valence-corrected chi connectivity index (χ0v) is 18.3. The molecule has 0 saturated heterocycles. The third-order valence-electron chi connectivity index (χ3n) is 6.01. The van der Waals surface area contributed by atoms with Crippen LogP contribution < -0.4 is 15.7 Å². The van der Waals surface area contributed by atoms with E-state index >= 15 is 0 Å². The number of carbonyl (C=O) groups excluding carboxylic acids is 1. The predicted molar refractivity (Wildman–Crippen MR) is 123 cm³/mol. The average molecular weight is 444 g/mol. The molecule has 5 rings (SSSR count). The number of benzene rings is 1. The van der Waals surface area contributed by atoms with Crippen LogP contribution in [0.25, 0.3) is 22.2 Å². The molecule has 0 atom stereocenters. The third-order valence-corrected chi connectivity index (χ3v) is 6.01. The third kappa shape index (κ3) is 4.00. The molecule has 1 aliphatic rings. The smallest absolute Gasteiger partial charge is 0.349 e. The molecule has 0 fully saturated rings. The Kier molecular flexibility index (Phi) is 5.64. The Bertz CT molecular complexity index is 1370. The number of hydrogen-bond donors (Lipinski definition) is 1. The predicted octanol–water partition coefficient (Wildman–Crippen LogP) is 3.37. The first-order valence-corrected chi connectivity index (χ1v) is 11.0. The Hall–Kier alpha value is -3.94. The molecule has 0 radical (unpaired) electrons. The maximum absolute atomic E-state index is 12.7. The number of aromatic nitrogens is 3. The minimum atomic E-state index is -0.694. The fourth-order valence-electron chi connectivity index (χ4n) is 4.40. The summed E-state index contributed by atoms with van der Waals surface area (Å²) in [6.45, 7) is 0.865. The lowest BCUT2D eigenvalue weighted by Crippen LogP contribution is -2.31. The number of fused-ring (bicyclic) bond motifs is 2. The van der Waals surface area contributed by atoms with Crippen LogP contribution in [0.2, 0.25) is 0 Å². The van der Waals surface area contributed by atoms with Gasteiger partial charge in [-0.3, -0.25) is 14.5 Å². The molecule has 8 heteroatoms. The lowest BCUT2D eigenvalue weighted by molar-refractivity contribution is 0.0948. The fourth-order valence-corrected chi connectivity index (χ4v) is 4.40. The Morgan fingerprint density at radius 3 is 2.82 bits per heavy atom. The average Bonchev–Trinajstić information content (AvgIpc) is 3.22. The molecule has 0 aliphatic heterocycles. The monoisotopic (exact) mass is 444 g/mol. The highest BCUT2D eigenvalue weighted by Crippen LogP contribution is 2.31. The number of hydrogen-bond acceptors (Lipinski definition) is 6. The van der Waals surface area contributed by atoms with Gasteiger partial charge in [0.15, 0.2) is 11.3 Å². The molecule has 0 unspecified atom stereocenters. The van der Waals surface area contributed by atoms with Crippen molar-refractivity contribution in [3.63, 3.8) is 0 Å². The Morgan fingerprint density at radius 1 is 1.18 bits per heavy atom. The van der Waals surface area contributed by atoms with Crippen molar-refractivity contribution in [2.75, 3.05) is 13.7 Å². The Morgan fingerprint density at radius 2 is 2.00 bits per heavy atom. The van der Waals surface area contributed by atoms with Crippen molar-refractivity contribution in [3.8, 4) is 17.0 Å². The van der Waals surface area contributed by atoms with Gasteiger partial charge in [-0.1, -0.05) is 12.1 Å². The van der Waals surface area contributed by atoms with Crippen molar-refractivity contribution in [2.24, 2.45) is 0 Å². The number of amides is 1. The zero-order valence-electron chi connectivity index (χ0n) is 18.3. The van der Waals surface area contributed by atoms with E-state index in [4.69, 9.17) is 14.3 Å². The minimum Gasteiger partial charge on any atom is -0.493 e. The number of ether oxygens (including phenoxy) is 1. The van der Waals surface area contributed by atoms with Gasteiger partial charge < -0.3 is 14.5 Å². The molecule has 1 N–H and O–H groups in total. The van der Waals surface area contributed by atoms with Crippen LogP contribution in [0, 0.1) is 0 Å². The van der Waals surface area contributed by atoms with Crippen LogP contribution in [-0.4, -0.2) is 34.3 Å². The number of rotatable bonds is 6. The molecule has 0 spiro atoms. The van der Waals surface area contributed by atoms with Crippen LogP contribution in [0.4, 0.5) is 0 Å². The first-order chi connectivity index (χ1) is 16.2. The van der Waals surface area contributed by atoms with E-state index in [0.29, 0.717) is 29.8 Å². The number of nitrogens with one attached hydrogen (secondary N) is 1. The summed E-state index contributed by atoms with van der Waals surface area (Å²) in [5.74, 6) is -0.0196. The van der Waals surface area contributed by atoms with Gasteiger partial charge in [-0.15, -0.1) is 0 Å². The molecule has 4 aromatic rings. The van der Waals surface area contributed by atoms with E-state index in [1.165, 1.54) is 24.4 Å². The number of nitrogens with zero attached hydrogens (tertiary/aromatic N) is 3. The highest BCUT2D eigenvalue weighted by atomic mass is 16.5. The van der Waals surface area contributed by atoms with E-state index in [1.54, 1.807) is 30.6 Å². The highest BCUT2D eigenvalue weighted by Gasteiger charge is 2.22. The Balaban J connectivity index is 1.34. The van der Waals surface area contributed by atoms with Crippen molar-refractivity contribution in [1.82, 2.24) is 20.1 Å². The quantitative estimate of drug-likeness (QED) is 0.458. The van der Waals surface area contributed by atoms with Crippen LogP contribution in [0.5, 0.6) is 5.75 Å². The lowest BCUT2D eigenvalue weighted by Gasteiger charge is -2.14. The number of pyridine rings is 1. The van der Waals surface area contributed by atoms with Crippen LogP contribution in [0.1, 0.15) is 34.5 Å². The molecule has 3 aromatic heterocycles. The molecule has 33 heavy (non-hydrogen) atoms. The van der Waals surface area contributed by atoms with E-state index in [9.17, 15) is 9.59 Å². The topological polar surface area (TPSA) is 99.2 Å². The van der Waals surface area contributed by atoms with Crippen molar-refractivity contribution in [2.45, 2.75) is 32.2 Å². The summed E-state index contributed by atoms with van der Waals surface area (Å²) in [5.41, 5.74) is 4.14. The van der Waals surface area contributed by atoms with Gasteiger partial charge in [0.25, 0.3) is 5.91 Å². The summed E-state index contributed by atoms with van der Waals surface area (Å²) in [6.07, 6.45) is 7.79. The molecule has 0 bridgehead atoms. The van der Waals surface area contributed by atoms with Gasteiger partial charge in [-0.25, -0.2) is 4.79 Å². The largest absolute Gasteiger partial charge is 0.493 e. The number of para-hydroxylation sites is 1. The maximum Gasteiger partial charge on any atom is 0.349 e. The van der Waals surface area contributed by atoms with Gasteiger partial charge in [0.2, 0.25) is 0 Å². The van der Waals surface area contributed by atoms with Gasteiger partial charge in [0.1, 0.15) is 5.56 Å². The molecular weight excluding hydrogens is 420 g/mol. The molecule has 1 amide bonds. The Labute approximate surface area is 190 Å². The van der Waals surface area contributed by atoms with Crippen LogP contribution in [0.15, 0.2) is 58.0 Å². The summed E-state index contributed by atoms with van der Waals surface area (Å²) in [4.78, 5) is 29.3. The van der Waals surface area contributed by atoms with E-state index in [0.717, 1.165) is 36.9 Å². The first-order valence-electron chi connectivity index (χ1n) is 11.0. The van der Waals surface area contributed by atoms with E-state index < -0.39 is 11.5 Å². The van der Waals surface area contributed by atoms with E-state index in [2.05, 4.69) is 10.3 Å². The molecule has 1 aromatic carbocycles.